The molecule has 0 aliphatic carbocycles. The Kier molecular flexibility index (Phi) is 9.32. The Bertz CT molecular complexity index is 479. The molecule has 10 heteroatoms. The van der Waals surface area contributed by atoms with E-state index < -0.39 is 24.5 Å². The highest BCUT2D eigenvalue weighted by Crippen LogP contribution is 2.18. The average Bonchev–Trinajstić information content (AvgIpc) is 2.54. The maximum Gasteiger partial charge on any atom is 0.275 e. The number of aromatic nitrogens is 2. The van der Waals surface area contributed by atoms with E-state index in [4.69, 9.17) is 25.2 Å². The first-order chi connectivity index (χ1) is 11.7. The number of hydrogen-bond acceptors (Lipinski definition) is 10. The molecule has 1 aromatic heterocycles. The second-order valence-corrected chi connectivity index (χ2v) is 5.72. The summed E-state index contributed by atoms with van der Waals surface area (Å²) in [6, 6.07) is 0. The van der Waals surface area contributed by atoms with Gasteiger partial charge in [0.05, 0.1) is 24.2 Å². The van der Waals surface area contributed by atoms with Gasteiger partial charge in [0, 0.05) is 25.6 Å². The van der Waals surface area contributed by atoms with Gasteiger partial charge in [-0.05, 0) is 19.3 Å². The number of aliphatic hydroxyl groups excluding tert-OH is 4. The number of hydrogen-bond donors (Lipinski definition) is 7. The molecule has 0 spiro atoms. The summed E-state index contributed by atoms with van der Waals surface area (Å²) in [6.45, 7) is -0.0145. The number of rotatable bonds is 12. The quantitative estimate of drug-likeness (QED) is 0.161. The third kappa shape index (κ3) is 9.14. The second kappa shape index (κ2) is 10.7. The predicted octanol–water partition coefficient (Wildman–Crippen LogP) is -2.07. The normalized spacial score (nSPS) is 15.8. The van der Waals surface area contributed by atoms with Crippen LogP contribution < -0.4 is 0 Å². The lowest BCUT2D eigenvalue weighted by Crippen LogP contribution is -2.31. The van der Waals surface area contributed by atoms with Crippen molar-refractivity contribution in [3.63, 3.8) is 0 Å². The minimum atomic E-state index is -2.71. The first-order valence-electron chi connectivity index (χ1n) is 7.97. The van der Waals surface area contributed by atoms with Crippen LogP contribution in [0.3, 0.4) is 0 Å². The fourth-order valence-corrected chi connectivity index (χ4v) is 2.02. The highest BCUT2D eigenvalue weighted by molar-refractivity contribution is 5.05. The largest absolute Gasteiger partial charge is 0.396 e. The van der Waals surface area contributed by atoms with Gasteiger partial charge < -0.3 is 40.5 Å². The molecule has 0 radical (unpaired) electrons. The van der Waals surface area contributed by atoms with Crippen molar-refractivity contribution < 1.29 is 40.5 Å². The lowest BCUT2D eigenvalue weighted by atomic mass is 10.1. The third-order valence-corrected chi connectivity index (χ3v) is 3.40. The van der Waals surface area contributed by atoms with Gasteiger partial charge in [-0.1, -0.05) is 0 Å². The zero-order valence-electron chi connectivity index (χ0n) is 13.8. The van der Waals surface area contributed by atoms with Crippen LogP contribution in [0.5, 0.6) is 0 Å². The van der Waals surface area contributed by atoms with Gasteiger partial charge in [0.15, 0.2) is 6.29 Å². The van der Waals surface area contributed by atoms with Crippen molar-refractivity contribution in [2.75, 3.05) is 13.2 Å². The van der Waals surface area contributed by atoms with E-state index in [-0.39, 0.29) is 38.2 Å². The summed E-state index contributed by atoms with van der Waals surface area (Å²) in [5.41, 5.74) is 0.735. The first-order valence-corrected chi connectivity index (χ1v) is 7.97. The molecule has 10 nitrogen and oxygen atoms in total. The van der Waals surface area contributed by atoms with Gasteiger partial charge in [-0.15, -0.1) is 0 Å². The monoisotopic (exact) mass is 362 g/mol. The van der Waals surface area contributed by atoms with Crippen molar-refractivity contribution in [1.29, 1.82) is 0 Å². The molecule has 0 aliphatic heterocycles. The SMILES string of the molecule is OCCCOC(O)C(O)CC(O)c1cnc(CCCC(O)(O)O)cn1. The van der Waals surface area contributed by atoms with Crippen molar-refractivity contribution >= 4 is 0 Å². The smallest absolute Gasteiger partial charge is 0.275 e. The summed E-state index contributed by atoms with van der Waals surface area (Å²) < 4.78 is 4.91. The predicted molar refractivity (Wildman–Crippen MR) is 83.6 cm³/mol. The Morgan fingerprint density at radius 3 is 2.32 bits per heavy atom. The summed E-state index contributed by atoms with van der Waals surface area (Å²) in [6.07, 6.45) is -0.760. The maximum absolute atomic E-state index is 10.0. The Labute approximate surface area is 145 Å². The molecule has 1 rings (SSSR count). The summed E-state index contributed by atoms with van der Waals surface area (Å²) >= 11 is 0. The second-order valence-electron chi connectivity index (χ2n) is 5.72. The average molecular weight is 362 g/mol. The van der Waals surface area contributed by atoms with Crippen molar-refractivity contribution in [3.8, 4) is 0 Å². The van der Waals surface area contributed by atoms with Crippen LogP contribution >= 0.6 is 0 Å². The van der Waals surface area contributed by atoms with E-state index in [1.807, 2.05) is 0 Å². The van der Waals surface area contributed by atoms with Gasteiger partial charge in [0.1, 0.15) is 12.2 Å². The summed E-state index contributed by atoms with van der Waals surface area (Å²) in [5.74, 6) is -2.71. The van der Waals surface area contributed by atoms with Gasteiger partial charge >= 0.3 is 0 Å². The minimum absolute atomic E-state index is 0.0795. The van der Waals surface area contributed by atoms with Crippen LogP contribution in [0.1, 0.15) is 43.2 Å². The molecule has 3 atom stereocenters. The van der Waals surface area contributed by atoms with E-state index in [0.29, 0.717) is 18.5 Å². The number of ether oxygens (including phenoxy) is 1. The zero-order valence-corrected chi connectivity index (χ0v) is 13.8. The molecule has 144 valence electrons. The van der Waals surface area contributed by atoms with Gasteiger partial charge in [-0.3, -0.25) is 9.97 Å². The molecule has 0 bridgehead atoms. The Morgan fingerprint density at radius 2 is 1.76 bits per heavy atom. The molecule has 0 amide bonds. The van der Waals surface area contributed by atoms with Crippen LogP contribution in [-0.2, 0) is 11.2 Å². The van der Waals surface area contributed by atoms with E-state index in [0.717, 1.165) is 0 Å². The molecule has 25 heavy (non-hydrogen) atoms. The molecule has 0 fully saturated rings. The molecule has 0 aromatic carbocycles. The third-order valence-electron chi connectivity index (χ3n) is 3.40. The van der Waals surface area contributed by atoms with Gasteiger partial charge in [0.25, 0.3) is 5.97 Å². The molecule has 7 N–H and O–H groups in total. The van der Waals surface area contributed by atoms with E-state index >= 15 is 0 Å². The molecule has 3 unspecified atom stereocenters. The highest BCUT2D eigenvalue weighted by atomic mass is 16.7. The lowest BCUT2D eigenvalue weighted by Gasteiger charge is -2.20. The zero-order chi connectivity index (χ0) is 18.9. The van der Waals surface area contributed by atoms with Crippen molar-refractivity contribution in [2.45, 2.75) is 56.6 Å². The van der Waals surface area contributed by atoms with Crippen LogP contribution in [0.25, 0.3) is 0 Å². The molecule has 1 aromatic rings. The Morgan fingerprint density at radius 1 is 1.04 bits per heavy atom. The molecule has 0 saturated carbocycles. The maximum atomic E-state index is 10.0. The minimum Gasteiger partial charge on any atom is -0.396 e. The van der Waals surface area contributed by atoms with Crippen LogP contribution in [0.15, 0.2) is 12.4 Å². The Hall–Kier alpha value is -1.24. The van der Waals surface area contributed by atoms with Gasteiger partial charge in [-0.2, -0.15) is 0 Å². The first kappa shape index (κ1) is 21.8. The van der Waals surface area contributed by atoms with E-state index in [9.17, 15) is 15.3 Å². The summed E-state index contributed by atoms with van der Waals surface area (Å²) in [7, 11) is 0. The van der Waals surface area contributed by atoms with Crippen molar-refractivity contribution in [3.05, 3.63) is 23.8 Å². The van der Waals surface area contributed by atoms with Crippen LogP contribution in [-0.4, -0.2) is 77.3 Å². The fourth-order valence-electron chi connectivity index (χ4n) is 2.02. The lowest BCUT2D eigenvalue weighted by molar-refractivity contribution is -0.314. The summed E-state index contributed by atoms with van der Waals surface area (Å²) in [4.78, 5) is 8.08. The number of aryl methyl sites for hydroxylation is 1. The standard InChI is InChI=1S/C15H26N2O8/c18-5-2-6-25-14(21)13(20)7-12(19)11-9-16-10(8-17-11)3-1-4-15(22,23)24/h8-9,12-14,18-24H,1-7H2. The molecular formula is C15H26N2O8. The summed E-state index contributed by atoms with van der Waals surface area (Å²) in [5, 5.41) is 64.3. The van der Waals surface area contributed by atoms with Crippen LogP contribution in [0.4, 0.5) is 0 Å². The molecule has 0 aliphatic rings. The topological polar surface area (TPSA) is 177 Å². The fraction of sp³-hybridized carbons (Fsp3) is 0.733. The highest BCUT2D eigenvalue weighted by Gasteiger charge is 2.22. The van der Waals surface area contributed by atoms with Crippen molar-refractivity contribution in [1.82, 2.24) is 9.97 Å². The molecule has 1 heterocycles. The number of nitrogens with zero attached hydrogens (tertiary/aromatic N) is 2. The molecular weight excluding hydrogens is 336 g/mol. The van der Waals surface area contributed by atoms with Gasteiger partial charge in [0.2, 0.25) is 0 Å². The van der Waals surface area contributed by atoms with E-state index in [1.54, 1.807) is 0 Å². The van der Waals surface area contributed by atoms with E-state index in [2.05, 4.69) is 9.97 Å². The molecule has 0 saturated heterocycles. The van der Waals surface area contributed by atoms with Gasteiger partial charge in [-0.25, -0.2) is 0 Å². The van der Waals surface area contributed by atoms with Crippen molar-refractivity contribution in [2.24, 2.45) is 0 Å². The van der Waals surface area contributed by atoms with Crippen LogP contribution in [0, 0.1) is 0 Å². The Balaban J connectivity index is 2.43. The van der Waals surface area contributed by atoms with E-state index in [1.165, 1.54) is 12.4 Å². The number of aliphatic hydroxyl groups is 7. The van der Waals surface area contributed by atoms with Crippen LogP contribution in [0.2, 0.25) is 0 Å².